The summed E-state index contributed by atoms with van der Waals surface area (Å²) in [5.74, 6) is 0. The minimum Gasteiger partial charge on any atom is -0.307 e. The van der Waals surface area contributed by atoms with E-state index in [0.717, 1.165) is 0 Å². The Morgan fingerprint density at radius 3 is 2.78 bits per heavy atom. The zero-order valence-corrected chi connectivity index (χ0v) is 13.7. The van der Waals surface area contributed by atoms with Gasteiger partial charge >= 0.3 is 0 Å². The summed E-state index contributed by atoms with van der Waals surface area (Å²) in [6.45, 7) is 8.32. The van der Waals surface area contributed by atoms with Gasteiger partial charge in [-0.1, -0.05) is 6.92 Å². The summed E-state index contributed by atoms with van der Waals surface area (Å²) in [7, 11) is 0. The number of hydrogen-bond donors (Lipinski definition) is 1. The second-order valence-corrected chi connectivity index (χ2v) is 7.03. The number of nitrogens with one attached hydrogen (secondary N) is 1. The summed E-state index contributed by atoms with van der Waals surface area (Å²) in [6.07, 6.45) is 3.85. The topological polar surface area (TPSA) is 15.3 Å². The Hall–Kier alpha value is 0.1000. The molecular formula is C14H23BrN2S. The van der Waals surface area contributed by atoms with E-state index in [0.29, 0.717) is 12.1 Å². The first-order valence-corrected chi connectivity index (χ1v) is 8.58. The van der Waals surface area contributed by atoms with Crippen molar-refractivity contribution in [2.24, 2.45) is 0 Å². The first kappa shape index (κ1) is 14.5. The summed E-state index contributed by atoms with van der Waals surface area (Å²) in [4.78, 5) is 4.02. The van der Waals surface area contributed by atoms with Crippen molar-refractivity contribution in [3.05, 3.63) is 20.8 Å². The highest BCUT2D eigenvalue weighted by atomic mass is 79.9. The Morgan fingerprint density at radius 2 is 2.22 bits per heavy atom. The Morgan fingerprint density at radius 1 is 1.50 bits per heavy atom. The van der Waals surface area contributed by atoms with Crippen LogP contribution in [0.15, 0.2) is 15.9 Å². The lowest BCUT2D eigenvalue weighted by Gasteiger charge is -2.33. The lowest BCUT2D eigenvalue weighted by molar-refractivity contribution is 0.193. The number of hydrogen-bond acceptors (Lipinski definition) is 3. The fraction of sp³-hybridized carbons (Fsp3) is 0.714. The fourth-order valence-electron chi connectivity index (χ4n) is 2.63. The number of likely N-dealkylation sites (tertiary alicyclic amines) is 1. The third-order valence-corrected chi connectivity index (χ3v) is 5.50. The Bertz CT molecular complexity index is 358. The SMILES string of the molecule is CCCN1CCC(NC(C)c2cc(Br)cs2)CC1. The first-order valence-electron chi connectivity index (χ1n) is 6.91. The minimum atomic E-state index is 0.476. The molecule has 2 rings (SSSR count). The van der Waals surface area contributed by atoms with Gasteiger partial charge in [-0.25, -0.2) is 0 Å². The van der Waals surface area contributed by atoms with Gasteiger partial charge in [-0.3, -0.25) is 0 Å². The average Bonchev–Trinajstić information content (AvgIpc) is 2.79. The molecule has 102 valence electrons. The van der Waals surface area contributed by atoms with Gasteiger partial charge in [-0.05, 0) is 67.8 Å². The average molecular weight is 331 g/mol. The second-order valence-electron chi connectivity index (χ2n) is 5.17. The molecule has 0 saturated carbocycles. The summed E-state index contributed by atoms with van der Waals surface area (Å²) >= 11 is 5.36. The molecule has 1 unspecified atom stereocenters. The standard InChI is InChI=1S/C14H23BrN2S/c1-3-6-17-7-4-13(5-8-17)16-11(2)14-9-12(15)10-18-14/h9-11,13,16H,3-8H2,1-2H3. The summed E-state index contributed by atoms with van der Waals surface area (Å²) in [5, 5.41) is 5.94. The van der Waals surface area contributed by atoms with Crippen LogP contribution in [-0.2, 0) is 0 Å². The lowest BCUT2D eigenvalue weighted by Crippen LogP contribution is -2.43. The summed E-state index contributed by atoms with van der Waals surface area (Å²) in [6, 6.07) is 3.40. The second kappa shape index (κ2) is 7.04. The number of rotatable bonds is 5. The van der Waals surface area contributed by atoms with E-state index in [-0.39, 0.29) is 0 Å². The lowest BCUT2D eigenvalue weighted by atomic mass is 10.0. The Labute approximate surface area is 123 Å². The first-order chi connectivity index (χ1) is 8.69. The maximum atomic E-state index is 3.77. The van der Waals surface area contributed by atoms with Crippen LogP contribution in [0.5, 0.6) is 0 Å². The monoisotopic (exact) mass is 330 g/mol. The van der Waals surface area contributed by atoms with Gasteiger partial charge < -0.3 is 10.2 Å². The number of piperidine rings is 1. The van der Waals surface area contributed by atoms with Gasteiger partial charge in [0, 0.05) is 26.8 Å². The highest BCUT2D eigenvalue weighted by molar-refractivity contribution is 9.10. The molecule has 1 aliphatic rings. The van der Waals surface area contributed by atoms with Gasteiger partial charge in [0.15, 0.2) is 0 Å². The van der Waals surface area contributed by atoms with Gasteiger partial charge in [0.25, 0.3) is 0 Å². The van der Waals surface area contributed by atoms with Crippen LogP contribution in [0.2, 0.25) is 0 Å². The molecule has 0 amide bonds. The van der Waals surface area contributed by atoms with Crippen molar-refractivity contribution in [3.63, 3.8) is 0 Å². The van der Waals surface area contributed by atoms with E-state index in [1.54, 1.807) is 0 Å². The van der Waals surface area contributed by atoms with Crippen molar-refractivity contribution in [1.29, 1.82) is 0 Å². The minimum absolute atomic E-state index is 0.476. The van der Waals surface area contributed by atoms with E-state index in [2.05, 4.69) is 51.4 Å². The molecule has 4 heteroatoms. The molecule has 1 aliphatic heterocycles. The number of thiophene rings is 1. The summed E-state index contributed by atoms with van der Waals surface area (Å²) in [5.41, 5.74) is 0. The van der Waals surface area contributed by atoms with E-state index in [9.17, 15) is 0 Å². The fourth-order valence-corrected chi connectivity index (χ4v) is 4.09. The van der Waals surface area contributed by atoms with E-state index in [1.165, 1.54) is 48.2 Å². The predicted molar refractivity (Wildman–Crippen MR) is 83.3 cm³/mol. The molecule has 1 aromatic rings. The zero-order chi connectivity index (χ0) is 13.0. The molecule has 1 N–H and O–H groups in total. The molecule has 2 nitrogen and oxygen atoms in total. The molecule has 1 saturated heterocycles. The Kier molecular flexibility index (Phi) is 5.67. The smallest absolute Gasteiger partial charge is 0.0388 e. The molecule has 1 aromatic heterocycles. The molecule has 0 spiro atoms. The maximum Gasteiger partial charge on any atom is 0.0388 e. The Balaban J connectivity index is 1.77. The third-order valence-electron chi connectivity index (χ3n) is 3.63. The van der Waals surface area contributed by atoms with Crippen molar-refractivity contribution >= 4 is 27.3 Å². The van der Waals surface area contributed by atoms with E-state index in [4.69, 9.17) is 0 Å². The molecule has 0 aliphatic carbocycles. The van der Waals surface area contributed by atoms with Crippen molar-refractivity contribution in [2.75, 3.05) is 19.6 Å². The third kappa shape index (κ3) is 4.05. The van der Waals surface area contributed by atoms with Crippen LogP contribution in [0.4, 0.5) is 0 Å². The molecule has 1 atom stereocenters. The number of halogens is 1. The largest absolute Gasteiger partial charge is 0.307 e. The van der Waals surface area contributed by atoms with Crippen LogP contribution in [0.3, 0.4) is 0 Å². The van der Waals surface area contributed by atoms with E-state index >= 15 is 0 Å². The number of nitrogens with zero attached hydrogens (tertiary/aromatic N) is 1. The van der Waals surface area contributed by atoms with Crippen molar-refractivity contribution in [1.82, 2.24) is 10.2 Å². The maximum absolute atomic E-state index is 3.77. The van der Waals surface area contributed by atoms with Crippen molar-refractivity contribution < 1.29 is 0 Å². The highest BCUT2D eigenvalue weighted by Crippen LogP contribution is 2.26. The molecule has 2 heterocycles. The van der Waals surface area contributed by atoms with Crippen molar-refractivity contribution in [3.8, 4) is 0 Å². The predicted octanol–water partition coefficient (Wildman–Crippen LogP) is 4.04. The van der Waals surface area contributed by atoms with Crippen molar-refractivity contribution in [2.45, 2.75) is 45.2 Å². The summed E-state index contributed by atoms with van der Waals surface area (Å²) < 4.78 is 1.20. The van der Waals surface area contributed by atoms with Crippen LogP contribution in [0.1, 0.15) is 44.0 Å². The molecular weight excluding hydrogens is 308 g/mol. The van der Waals surface area contributed by atoms with Gasteiger partial charge in [0.1, 0.15) is 0 Å². The van der Waals surface area contributed by atoms with Gasteiger partial charge in [-0.15, -0.1) is 11.3 Å². The normalized spacial score (nSPS) is 20.2. The highest BCUT2D eigenvalue weighted by Gasteiger charge is 2.20. The van der Waals surface area contributed by atoms with Gasteiger partial charge in [0.2, 0.25) is 0 Å². The van der Waals surface area contributed by atoms with Gasteiger partial charge in [0.05, 0.1) is 0 Å². The molecule has 0 bridgehead atoms. The molecule has 18 heavy (non-hydrogen) atoms. The molecule has 1 fully saturated rings. The zero-order valence-electron chi connectivity index (χ0n) is 11.3. The van der Waals surface area contributed by atoms with Crippen LogP contribution in [0.25, 0.3) is 0 Å². The van der Waals surface area contributed by atoms with Crippen LogP contribution in [-0.4, -0.2) is 30.6 Å². The molecule has 0 aromatic carbocycles. The van der Waals surface area contributed by atoms with E-state index < -0.39 is 0 Å². The molecule has 0 radical (unpaired) electrons. The van der Waals surface area contributed by atoms with E-state index in [1.807, 2.05) is 11.3 Å². The quantitative estimate of drug-likeness (QED) is 0.876. The van der Waals surface area contributed by atoms with Crippen LogP contribution >= 0.6 is 27.3 Å². The van der Waals surface area contributed by atoms with Crippen LogP contribution in [0, 0.1) is 0 Å². The van der Waals surface area contributed by atoms with Gasteiger partial charge in [-0.2, -0.15) is 0 Å². The van der Waals surface area contributed by atoms with Crippen LogP contribution < -0.4 is 5.32 Å².